The summed E-state index contributed by atoms with van der Waals surface area (Å²) in [6.07, 6.45) is 1.68. The molecule has 2 N–H and O–H groups in total. The molecule has 3 saturated heterocycles. The second kappa shape index (κ2) is 14.5. The van der Waals surface area contributed by atoms with E-state index in [0.29, 0.717) is 30.9 Å². The molecule has 0 saturated carbocycles. The van der Waals surface area contributed by atoms with Crippen LogP contribution in [0.1, 0.15) is 37.3 Å². The lowest BCUT2D eigenvalue weighted by molar-refractivity contribution is -0.146. The average Bonchev–Trinajstić information content (AvgIpc) is 3.38. The predicted molar refractivity (Wildman–Crippen MR) is 160 cm³/mol. The number of piperazine rings is 1. The van der Waals surface area contributed by atoms with Crippen molar-refractivity contribution >= 4 is 29.7 Å². The first-order valence-corrected chi connectivity index (χ1v) is 14.9. The molecule has 0 aliphatic carbocycles. The highest BCUT2D eigenvalue weighted by Gasteiger charge is 2.34. The van der Waals surface area contributed by atoms with E-state index in [2.05, 4.69) is 15.1 Å². The van der Waals surface area contributed by atoms with Crippen molar-refractivity contribution in [3.8, 4) is 0 Å². The number of hydrogen-bond donors (Lipinski definition) is 2. The van der Waals surface area contributed by atoms with Crippen LogP contribution in [0.5, 0.6) is 0 Å². The number of amides is 2. The molecule has 0 radical (unpaired) electrons. The van der Waals surface area contributed by atoms with Crippen molar-refractivity contribution in [1.82, 2.24) is 20.2 Å². The number of benzene rings is 2. The molecule has 230 valence electrons. The van der Waals surface area contributed by atoms with Crippen molar-refractivity contribution in [2.24, 2.45) is 0 Å². The zero-order chi connectivity index (χ0) is 30.2. The summed E-state index contributed by atoms with van der Waals surface area (Å²) in [6.45, 7) is 7.26. The van der Waals surface area contributed by atoms with Crippen molar-refractivity contribution < 1.29 is 28.7 Å². The van der Waals surface area contributed by atoms with Crippen molar-refractivity contribution in [1.29, 1.82) is 5.41 Å². The Balaban J connectivity index is 1.02. The highest BCUT2D eigenvalue weighted by molar-refractivity contribution is 6.04. The maximum Gasteiger partial charge on any atom is 0.431 e. The summed E-state index contributed by atoms with van der Waals surface area (Å²) in [4.78, 5) is 48.5. The van der Waals surface area contributed by atoms with Gasteiger partial charge in [0.2, 0.25) is 0 Å². The van der Waals surface area contributed by atoms with Gasteiger partial charge in [0.25, 0.3) is 0 Å². The summed E-state index contributed by atoms with van der Waals surface area (Å²) in [5, 5.41) is 12.4. The first-order chi connectivity index (χ1) is 20.8. The molecular formula is C31H40N6O6. The number of amidine groups is 1. The smallest absolute Gasteiger partial charge is 0.431 e. The normalized spacial score (nSPS) is 21.7. The number of piperidine rings is 1. The van der Waals surface area contributed by atoms with Gasteiger partial charge in [-0.1, -0.05) is 36.8 Å². The number of carbonyl (C=O) groups excluding carboxylic acids is 3. The summed E-state index contributed by atoms with van der Waals surface area (Å²) in [6, 6.07) is 16.6. The first kappa shape index (κ1) is 30.5. The Bertz CT molecular complexity index is 1270. The summed E-state index contributed by atoms with van der Waals surface area (Å²) in [5.41, 5.74) is 2.12. The van der Waals surface area contributed by atoms with Crippen LogP contribution in [0.3, 0.4) is 0 Å². The Labute approximate surface area is 251 Å². The summed E-state index contributed by atoms with van der Waals surface area (Å²) < 4.78 is 11.0. The van der Waals surface area contributed by atoms with E-state index in [4.69, 9.17) is 19.7 Å². The zero-order valence-electron chi connectivity index (χ0n) is 24.6. The Morgan fingerprint density at radius 3 is 2.42 bits per heavy atom. The van der Waals surface area contributed by atoms with Crippen LogP contribution in [-0.4, -0.2) is 103 Å². The van der Waals surface area contributed by atoms with E-state index < -0.39 is 12.2 Å². The Hall–Kier alpha value is -4.00. The highest BCUT2D eigenvalue weighted by atomic mass is 16.7. The maximum absolute atomic E-state index is 12.6. The quantitative estimate of drug-likeness (QED) is 0.256. The van der Waals surface area contributed by atoms with Crippen LogP contribution in [-0.2, 0) is 25.7 Å². The molecule has 12 heteroatoms. The van der Waals surface area contributed by atoms with E-state index in [0.717, 1.165) is 51.0 Å². The second-order valence-electron chi connectivity index (χ2n) is 11.3. The van der Waals surface area contributed by atoms with E-state index in [1.54, 1.807) is 34.2 Å². The third kappa shape index (κ3) is 8.53. The first-order valence-electron chi connectivity index (χ1n) is 14.9. The van der Waals surface area contributed by atoms with E-state index >= 15 is 0 Å². The molecule has 0 bridgehead atoms. The fraction of sp³-hybridized carbons (Fsp3) is 0.484. The fourth-order valence-corrected chi connectivity index (χ4v) is 5.53. The molecule has 3 heterocycles. The molecule has 2 amide bonds. The zero-order valence-corrected chi connectivity index (χ0v) is 24.6. The maximum atomic E-state index is 12.6. The lowest BCUT2D eigenvalue weighted by atomic mass is 10.1. The fourth-order valence-electron chi connectivity index (χ4n) is 5.53. The van der Waals surface area contributed by atoms with Gasteiger partial charge in [0.15, 0.2) is 0 Å². The second-order valence-corrected chi connectivity index (χ2v) is 11.3. The van der Waals surface area contributed by atoms with Crippen molar-refractivity contribution in [3.05, 3.63) is 65.7 Å². The number of ether oxygens (including phenoxy) is 2. The van der Waals surface area contributed by atoms with Crippen LogP contribution in [0.4, 0.5) is 15.3 Å². The topological polar surface area (TPSA) is 128 Å². The SMILES string of the molecule is CC1CCCCN1OC(=O)NC(=N)c1ccc(N2CC(CN3CCN(CC(=O)OCc4ccccc4)CC3)OC2=O)cc1. The molecule has 0 spiro atoms. The minimum atomic E-state index is -0.683. The number of rotatable bonds is 9. The molecule has 12 nitrogen and oxygen atoms in total. The Kier molecular flexibility index (Phi) is 10.2. The average molecular weight is 593 g/mol. The van der Waals surface area contributed by atoms with Crippen molar-refractivity contribution in [2.45, 2.75) is 44.9 Å². The number of nitrogens with one attached hydrogen (secondary N) is 2. The molecule has 2 aromatic rings. The van der Waals surface area contributed by atoms with E-state index in [1.165, 1.54) is 0 Å². The van der Waals surface area contributed by atoms with Gasteiger partial charge in [0, 0.05) is 56.6 Å². The van der Waals surface area contributed by atoms with Gasteiger partial charge in [-0.2, -0.15) is 0 Å². The largest absolute Gasteiger partial charge is 0.460 e. The summed E-state index contributed by atoms with van der Waals surface area (Å²) in [7, 11) is 0. The van der Waals surface area contributed by atoms with Gasteiger partial charge in [-0.15, -0.1) is 5.06 Å². The van der Waals surface area contributed by atoms with E-state index in [-0.39, 0.29) is 37.1 Å². The monoisotopic (exact) mass is 592 g/mol. The number of hydroxylamine groups is 2. The summed E-state index contributed by atoms with van der Waals surface area (Å²) in [5.74, 6) is -0.312. The lowest BCUT2D eigenvalue weighted by Gasteiger charge is -2.34. The van der Waals surface area contributed by atoms with E-state index in [9.17, 15) is 14.4 Å². The Morgan fingerprint density at radius 2 is 1.70 bits per heavy atom. The van der Waals surface area contributed by atoms with Gasteiger partial charge in [-0.05, 0) is 49.6 Å². The van der Waals surface area contributed by atoms with Crippen molar-refractivity contribution in [2.75, 3.05) is 57.3 Å². The third-order valence-corrected chi connectivity index (χ3v) is 8.03. The van der Waals surface area contributed by atoms with Gasteiger partial charge < -0.3 is 14.3 Å². The van der Waals surface area contributed by atoms with Gasteiger partial charge in [-0.3, -0.25) is 30.2 Å². The van der Waals surface area contributed by atoms with Crippen LogP contribution in [0.25, 0.3) is 0 Å². The lowest BCUT2D eigenvalue weighted by Crippen LogP contribution is -2.50. The number of esters is 1. The minimum absolute atomic E-state index is 0.0771. The van der Waals surface area contributed by atoms with Crippen LogP contribution in [0.15, 0.2) is 54.6 Å². The van der Waals surface area contributed by atoms with Crippen molar-refractivity contribution in [3.63, 3.8) is 0 Å². The molecule has 3 aliphatic rings. The third-order valence-electron chi connectivity index (χ3n) is 8.03. The number of hydrogen-bond acceptors (Lipinski definition) is 10. The number of carbonyl (C=O) groups is 3. The van der Waals surface area contributed by atoms with Gasteiger partial charge in [-0.25, -0.2) is 9.59 Å². The van der Waals surface area contributed by atoms with Gasteiger partial charge in [0.1, 0.15) is 18.5 Å². The standard InChI is InChI=1S/C31H40N6O6/c1-23-7-5-6-14-37(23)43-30(39)33-29(32)25-10-12-26(13-11-25)36-20-27(42-31(36)40)19-34-15-17-35(18-16-34)21-28(38)41-22-24-8-3-2-4-9-24/h2-4,8-13,23,27H,5-7,14-22H2,1H3,(H2,32,33,39). The molecule has 2 atom stereocenters. The highest BCUT2D eigenvalue weighted by Crippen LogP contribution is 2.23. The predicted octanol–water partition coefficient (Wildman–Crippen LogP) is 3.21. The van der Waals surface area contributed by atoms with Gasteiger partial charge in [0.05, 0.1) is 13.1 Å². The van der Waals surface area contributed by atoms with Gasteiger partial charge >= 0.3 is 18.2 Å². The molecule has 3 fully saturated rings. The number of anilines is 1. The van der Waals surface area contributed by atoms with E-state index in [1.807, 2.05) is 37.3 Å². The molecule has 2 aromatic carbocycles. The molecule has 5 rings (SSSR count). The van der Waals surface area contributed by atoms with Crippen LogP contribution in [0.2, 0.25) is 0 Å². The molecule has 43 heavy (non-hydrogen) atoms. The molecule has 0 aromatic heterocycles. The molecule has 3 aliphatic heterocycles. The Morgan fingerprint density at radius 1 is 0.977 bits per heavy atom. The summed E-state index contributed by atoms with van der Waals surface area (Å²) >= 11 is 0. The number of cyclic esters (lactones) is 1. The van der Waals surface area contributed by atoms with Crippen LogP contribution >= 0.6 is 0 Å². The van der Waals surface area contributed by atoms with Crippen LogP contribution in [0, 0.1) is 5.41 Å². The number of nitrogens with zero attached hydrogens (tertiary/aromatic N) is 4. The van der Waals surface area contributed by atoms with Crippen LogP contribution < -0.4 is 10.2 Å². The minimum Gasteiger partial charge on any atom is -0.460 e. The molecule has 2 unspecified atom stereocenters. The molecular weight excluding hydrogens is 552 g/mol.